The first-order chi connectivity index (χ1) is 8.56. The topological polar surface area (TPSA) is 48.1 Å². The predicted octanol–water partition coefficient (Wildman–Crippen LogP) is 3.86. The van der Waals surface area contributed by atoms with Crippen LogP contribution in [0.2, 0.25) is 5.02 Å². The molecular formula is C14H15ClN2O. The molecule has 1 aromatic carbocycles. The van der Waals surface area contributed by atoms with Gasteiger partial charge in [-0.25, -0.2) is 4.98 Å². The molecule has 2 N–H and O–H groups in total. The summed E-state index contributed by atoms with van der Waals surface area (Å²) < 4.78 is 5.69. The van der Waals surface area contributed by atoms with E-state index in [2.05, 4.69) is 4.98 Å². The van der Waals surface area contributed by atoms with E-state index in [0.29, 0.717) is 16.7 Å². The zero-order chi connectivity index (χ0) is 13.1. The number of aromatic nitrogens is 1. The summed E-state index contributed by atoms with van der Waals surface area (Å²) in [7, 11) is 0. The van der Waals surface area contributed by atoms with Gasteiger partial charge in [0.25, 0.3) is 0 Å². The minimum Gasteiger partial charge on any atom is -0.439 e. The second-order valence-electron chi connectivity index (χ2n) is 4.24. The Morgan fingerprint density at radius 2 is 1.94 bits per heavy atom. The van der Waals surface area contributed by atoms with Crippen LogP contribution < -0.4 is 10.5 Å². The Kier molecular flexibility index (Phi) is 3.84. The molecule has 3 nitrogen and oxygen atoms in total. The van der Waals surface area contributed by atoms with Crippen molar-refractivity contribution in [3.8, 4) is 11.6 Å². The maximum Gasteiger partial charge on any atom is 0.222 e. The van der Waals surface area contributed by atoms with Crippen molar-refractivity contribution in [2.24, 2.45) is 5.73 Å². The van der Waals surface area contributed by atoms with Crippen LogP contribution in [0.25, 0.3) is 0 Å². The first-order valence-electron chi connectivity index (χ1n) is 5.72. The number of nitrogens with zero attached hydrogens (tertiary/aromatic N) is 1. The number of halogens is 1. The summed E-state index contributed by atoms with van der Waals surface area (Å²) in [6.45, 7) is 3.88. The summed E-state index contributed by atoms with van der Waals surface area (Å²) in [6, 6.07) is 9.14. The molecule has 0 aliphatic heterocycles. The maximum absolute atomic E-state index is 5.82. The smallest absolute Gasteiger partial charge is 0.222 e. The Bertz CT molecular complexity index is 538. The van der Waals surface area contributed by atoms with E-state index in [0.717, 1.165) is 11.1 Å². The monoisotopic (exact) mass is 262 g/mol. The van der Waals surface area contributed by atoms with Gasteiger partial charge in [0.2, 0.25) is 5.88 Å². The Morgan fingerprint density at radius 1 is 1.28 bits per heavy atom. The Hall–Kier alpha value is -1.58. The van der Waals surface area contributed by atoms with Gasteiger partial charge in [0.1, 0.15) is 5.75 Å². The largest absolute Gasteiger partial charge is 0.439 e. The van der Waals surface area contributed by atoms with Crippen molar-refractivity contribution in [1.29, 1.82) is 0 Å². The van der Waals surface area contributed by atoms with Crippen LogP contribution >= 0.6 is 11.6 Å². The normalized spacial score (nSPS) is 12.2. The van der Waals surface area contributed by atoms with E-state index in [1.54, 1.807) is 18.3 Å². The van der Waals surface area contributed by atoms with E-state index in [9.17, 15) is 0 Å². The lowest BCUT2D eigenvalue weighted by molar-refractivity contribution is 0.458. The molecule has 0 fully saturated rings. The van der Waals surface area contributed by atoms with Gasteiger partial charge in [-0.3, -0.25) is 0 Å². The van der Waals surface area contributed by atoms with Crippen LogP contribution in [0.4, 0.5) is 0 Å². The molecule has 0 saturated carbocycles. The third-order valence-electron chi connectivity index (χ3n) is 2.61. The van der Waals surface area contributed by atoms with Crippen LogP contribution in [0.5, 0.6) is 11.6 Å². The van der Waals surface area contributed by atoms with Gasteiger partial charge >= 0.3 is 0 Å². The van der Waals surface area contributed by atoms with Gasteiger partial charge in [0, 0.05) is 22.8 Å². The second kappa shape index (κ2) is 5.38. The molecule has 2 aromatic rings. The van der Waals surface area contributed by atoms with Gasteiger partial charge in [-0.15, -0.1) is 0 Å². The van der Waals surface area contributed by atoms with Crippen molar-refractivity contribution in [2.75, 3.05) is 0 Å². The molecule has 18 heavy (non-hydrogen) atoms. The van der Waals surface area contributed by atoms with E-state index in [1.807, 2.05) is 32.0 Å². The maximum atomic E-state index is 5.82. The third kappa shape index (κ3) is 3.00. The number of rotatable bonds is 3. The van der Waals surface area contributed by atoms with Gasteiger partial charge in [0.15, 0.2) is 0 Å². The van der Waals surface area contributed by atoms with Crippen molar-refractivity contribution in [3.05, 3.63) is 52.7 Å². The number of pyridine rings is 1. The van der Waals surface area contributed by atoms with Gasteiger partial charge in [-0.2, -0.15) is 0 Å². The summed E-state index contributed by atoms with van der Waals surface area (Å²) in [5.41, 5.74) is 7.76. The van der Waals surface area contributed by atoms with E-state index in [1.165, 1.54) is 0 Å². The second-order valence-corrected chi connectivity index (χ2v) is 4.67. The molecule has 1 heterocycles. The minimum atomic E-state index is -0.0271. The molecule has 0 bridgehead atoms. The lowest BCUT2D eigenvalue weighted by Crippen LogP contribution is -2.06. The molecular weight excluding hydrogens is 248 g/mol. The molecule has 0 radical (unpaired) electrons. The fraction of sp³-hybridized carbons (Fsp3) is 0.214. The Labute approximate surface area is 112 Å². The van der Waals surface area contributed by atoms with Crippen LogP contribution in [0, 0.1) is 6.92 Å². The number of hydrogen-bond donors (Lipinski definition) is 1. The number of hydrogen-bond acceptors (Lipinski definition) is 3. The minimum absolute atomic E-state index is 0.0271. The standard InChI is InChI=1S/C14H15ClN2O/c1-9-7-11(10(2)16)8-17-14(9)18-13-5-3-12(15)4-6-13/h3-8,10H,16H2,1-2H3. The SMILES string of the molecule is Cc1cc(C(C)N)cnc1Oc1ccc(Cl)cc1. The molecule has 0 amide bonds. The van der Waals surface area contributed by atoms with Crippen molar-refractivity contribution in [2.45, 2.75) is 19.9 Å². The molecule has 94 valence electrons. The van der Waals surface area contributed by atoms with E-state index in [-0.39, 0.29) is 6.04 Å². The van der Waals surface area contributed by atoms with E-state index >= 15 is 0 Å². The highest BCUT2D eigenvalue weighted by atomic mass is 35.5. The lowest BCUT2D eigenvalue weighted by atomic mass is 10.1. The van der Waals surface area contributed by atoms with Gasteiger partial charge in [-0.05, 0) is 49.7 Å². The first-order valence-corrected chi connectivity index (χ1v) is 6.09. The first kappa shape index (κ1) is 12.9. The predicted molar refractivity (Wildman–Crippen MR) is 73.1 cm³/mol. The molecule has 2 rings (SSSR count). The molecule has 1 aromatic heterocycles. The number of ether oxygens (including phenoxy) is 1. The number of nitrogens with two attached hydrogens (primary N) is 1. The molecule has 0 aliphatic rings. The van der Waals surface area contributed by atoms with Crippen LogP contribution in [-0.4, -0.2) is 4.98 Å². The molecule has 0 spiro atoms. The van der Waals surface area contributed by atoms with Gasteiger partial charge in [-0.1, -0.05) is 11.6 Å². The fourth-order valence-electron chi connectivity index (χ4n) is 1.55. The van der Waals surface area contributed by atoms with Crippen molar-refractivity contribution in [3.63, 3.8) is 0 Å². The van der Waals surface area contributed by atoms with Crippen LogP contribution in [0.15, 0.2) is 36.5 Å². The highest BCUT2D eigenvalue weighted by Crippen LogP contribution is 2.25. The van der Waals surface area contributed by atoms with Crippen molar-refractivity contribution >= 4 is 11.6 Å². The highest BCUT2D eigenvalue weighted by Gasteiger charge is 2.06. The molecule has 4 heteroatoms. The number of benzene rings is 1. The van der Waals surface area contributed by atoms with Gasteiger partial charge < -0.3 is 10.5 Å². The van der Waals surface area contributed by atoms with Crippen molar-refractivity contribution < 1.29 is 4.74 Å². The van der Waals surface area contributed by atoms with E-state index in [4.69, 9.17) is 22.1 Å². The van der Waals surface area contributed by atoms with Crippen LogP contribution in [0.3, 0.4) is 0 Å². The summed E-state index contributed by atoms with van der Waals surface area (Å²) in [4.78, 5) is 4.28. The quantitative estimate of drug-likeness (QED) is 0.914. The van der Waals surface area contributed by atoms with Crippen LogP contribution in [0.1, 0.15) is 24.1 Å². The lowest BCUT2D eigenvalue weighted by Gasteiger charge is -2.10. The Balaban J connectivity index is 2.22. The molecule has 1 atom stereocenters. The van der Waals surface area contributed by atoms with Crippen LogP contribution in [-0.2, 0) is 0 Å². The average Bonchev–Trinajstić information content (AvgIpc) is 2.34. The average molecular weight is 263 g/mol. The summed E-state index contributed by atoms with van der Waals surface area (Å²) in [6.07, 6.45) is 1.74. The molecule has 0 aliphatic carbocycles. The summed E-state index contributed by atoms with van der Waals surface area (Å²) >= 11 is 5.82. The molecule has 1 unspecified atom stereocenters. The summed E-state index contributed by atoms with van der Waals surface area (Å²) in [5, 5.41) is 0.680. The van der Waals surface area contributed by atoms with Crippen molar-refractivity contribution in [1.82, 2.24) is 4.98 Å². The highest BCUT2D eigenvalue weighted by molar-refractivity contribution is 6.30. The third-order valence-corrected chi connectivity index (χ3v) is 2.86. The van der Waals surface area contributed by atoms with E-state index < -0.39 is 0 Å². The Morgan fingerprint density at radius 3 is 2.50 bits per heavy atom. The van der Waals surface area contributed by atoms with Gasteiger partial charge in [0.05, 0.1) is 0 Å². The fourth-order valence-corrected chi connectivity index (χ4v) is 1.68. The molecule has 0 saturated heterocycles. The zero-order valence-electron chi connectivity index (χ0n) is 10.4. The number of aryl methyl sites for hydroxylation is 1. The summed E-state index contributed by atoms with van der Waals surface area (Å²) in [5.74, 6) is 1.30. The zero-order valence-corrected chi connectivity index (χ0v) is 11.1.